The Hall–Kier alpha value is -3.10. The quantitative estimate of drug-likeness (QED) is 0.532. The lowest BCUT2D eigenvalue weighted by Gasteiger charge is -2.29. The highest BCUT2D eigenvalue weighted by molar-refractivity contribution is 6.15. The molecule has 5 rings (SSSR count). The molecule has 0 bridgehead atoms. The molecule has 3 heterocycles. The van der Waals surface area contributed by atoms with Gasteiger partial charge in [-0.3, -0.25) is 24.6 Å². The van der Waals surface area contributed by atoms with Crippen molar-refractivity contribution in [2.75, 3.05) is 25.6 Å². The number of methoxy groups -OCH3 is 1. The Balaban J connectivity index is 1.59. The van der Waals surface area contributed by atoms with Crippen LogP contribution in [0.5, 0.6) is 0 Å². The molecule has 2 N–H and O–H groups in total. The molecule has 2 saturated heterocycles. The maximum Gasteiger partial charge on any atom is 0.250 e. The van der Waals surface area contributed by atoms with Gasteiger partial charge in [-0.05, 0) is 36.6 Å². The molecule has 7 nitrogen and oxygen atoms in total. The molecule has 0 radical (unpaired) electrons. The number of hydrogen-bond donors (Lipinski definition) is 2. The van der Waals surface area contributed by atoms with Gasteiger partial charge < -0.3 is 10.1 Å². The van der Waals surface area contributed by atoms with Crippen LogP contribution < -0.4 is 10.6 Å². The van der Waals surface area contributed by atoms with Gasteiger partial charge in [-0.25, -0.2) is 4.39 Å². The molecule has 2 aromatic carbocycles. The van der Waals surface area contributed by atoms with E-state index in [0.29, 0.717) is 30.7 Å². The number of carbonyl (C=O) groups excluding carboxylic acids is 3. The van der Waals surface area contributed by atoms with Crippen LogP contribution in [0.3, 0.4) is 0 Å². The van der Waals surface area contributed by atoms with Crippen LogP contribution in [0.25, 0.3) is 0 Å². The van der Waals surface area contributed by atoms with E-state index in [-0.39, 0.29) is 12.5 Å². The van der Waals surface area contributed by atoms with Crippen molar-refractivity contribution in [2.24, 2.45) is 11.8 Å². The zero-order valence-corrected chi connectivity index (χ0v) is 17.6. The lowest BCUT2D eigenvalue weighted by Crippen LogP contribution is -2.53. The van der Waals surface area contributed by atoms with Crippen LogP contribution in [-0.4, -0.2) is 48.9 Å². The number of rotatable bonds is 6. The predicted octanol–water partition coefficient (Wildman–Crippen LogP) is 1.83. The topological polar surface area (TPSA) is 87.7 Å². The normalized spacial score (nSPS) is 28.4. The van der Waals surface area contributed by atoms with E-state index < -0.39 is 41.0 Å². The summed E-state index contributed by atoms with van der Waals surface area (Å²) in [5.41, 5.74) is 0.343. The van der Waals surface area contributed by atoms with Crippen molar-refractivity contribution in [1.29, 1.82) is 0 Å². The molecular formula is C24H24FN3O4. The fourth-order valence-corrected chi connectivity index (χ4v) is 5.46. The average molecular weight is 437 g/mol. The molecule has 1 spiro atoms. The molecule has 8 heteroatoms. The monoisotopic (exact) mass is 437 g/mol. The number of nitrogens with one attached hydrogen (secondary N) is 2. The highest BCUT2D eigenvalue weighted by atomic mass is 19.1. The molecule has 3 amide bonds. The van der Waals surface area contributed by atoms with Crippen LogP contribution in [-0.2, 0) is 31.1 Å². The van der Waals surface area contributed by atoms with Gasteiger partial charge in [-0.15, -0.1) is 0 Å². The van der Waals surface area contributed by atoms with Crippen molar-refractivity contribution in [3.63, 3.8) is 0 Å². The standard InChI is InChI=1S/C24H24FN3O4/c1-32-11-5-10-28-21(29)19-18(12-14-6-3-2-4-7-14)27-24(20(19)22(28)30)16-13-15(25)8-9-17(16)26-23(24)31/h2-4,6-9,13,18-20,27H,5,10-12H2,1H3,(H,26,31)/t18?,19-,20+,24?/m1/s1. The molecule has 0 saturated carbocycles. The number of benzene rings is 2. The molecule has 2 unspecified atom stereocenters. The van der Waals surface area contributed by atoms with Crippen molar-refractivity contribution < 1.29 is 23.5 Å². The smallest absolute Gasteiger partial charge is 0.250 e. The fraction of sp³-hybridized carbons (Fsp3) is 0.375. The minimum absolute atomic E-state index is 0.226. The second-order valence-corrected chi connectivity index (χ2v) is 8.57. The average Bonchev–Trinajstić information content (AvgIpc) is 3.35. The van der Waals surface area contributed by atoms with Crippen molar-refractivity contribution in [3.8, 4) is 0 Å². The van der Waals surface area contributed by atoms with Crippen LogP contribution in [0, 0.1) is 17.7 Å². The number of halogens is 1. The summed E-state index contributed by atoms with van der Waals surface area (Å²) >= 11 is 0. The third kappa shape index (κ3) is 2.97. The highest BCUT2D eigenvalue weighted by Gasteiger charge is 2.70. The van der Waals surface area contributed by atoms with E-state index in [1.165, 1.54) is 23.1 Å². The number of amides is 3. The summed E-state index contributed by atoms with van der Waals surface area (Å²) in [6.45, 7) is 0.641. The largest absolute Gasteiger partial charge is 0.385 e. The number of likely N-dealkylation sites (tertiary alicyclic amines) is 1. The van der Waals surface area contributed by atoms with Gasteiger partial charge in [-0.2, -0.15) is 0 Å². The lowest BCUT2D eigenvalue weighted by atomic mass is 9.76. The SMILES string of the molecule is COCCCN1C(=O)[C@@H]2C(Cc3ccccc3)NC3(C(=O)Nc4ccc(F)cc43)[C@@H]2C1=O. The van der Waals surface area contributed by atoms with Crippen LogP contribution in [0.1, 0.15) is 17.5 Å². The Kier molecular flexibility index (Phi) is 5.06. The van der Waals surface area contributed by atoms with Crippen LogP contribution in [0.15, 0.2) is 48.5 Å². The summed E-state index contributed by atoms with van der Waals surface area (Å²) in [6.07, 6.45) is 0.973. The van der Waals surface area contributed by atoms with Crippen molar-refractivity contribution >= 4 is 23.4 Å². The molecule has 32 heavy (non-hydrogen) atoms. The second kappa shape index (κ2) is 7.79. The predicted molar refractivity (Wildman–Crippen MR) is 114 cm³/mol. The number of anilines is 1. The minimum atomic E-state index is -1.48. The first-order chi connectivity index (χ1) is 15.5. The molecule has 2 fully saturated rings. The van der Waals surface area contributed by atoms with E-state index in [1.54, 1.807) is 7.11 Å². The van der Waals surface area contributed by atoms with Crippen LogP contribution in [0.2, 0.25) is 0 Å². The van der Waals surface area contributed by atoms with Gasteiger partial charge in [0.05, 0.1) is 11.8 Å². The fourth-order valence-electron chi connectivity index (χ4n) is 5.46. The molecule has 0 aliphatic carbocycles. The first-order valence-electron chi connectivity index (χ1n) is 10.7. The first-order valence-corrected chi connectivity index (χ1v) is 10.7. The van der Waals surface area contributed by atoms with Crippen molar-refractivity contribution in [2.45, 2.75) is 24.4 Å². The van der Waals surface area contributed by atoms with E-state index in [4.69, 9.17) is 4.74 Å². The maximum absolute atomic E-state index is 14.2. The van der Waals surface area contributed by atoms with E-state index in [0.717, 1.165) is 5.56 Å². The summed E-state index contributed by atoms with van der Waals surface area (Å²) in [7, 11) is 1.56. The number of carbonyl (C=O) groups is 3. The summed E-state index contributed by atoms with van der Waals surface area (Å²) in [4.78, 5) is 41.6. The highest BCUT2D eigenvalue weighted by Crippen LogP contribution is 2.53. The number of imide groups is 1. The van der Waals surface area contributed by atoms with Crippen molar-refractivity contribution in [1.82, 2.24) is 10.2 Å². The molecule has 3 aliphatic rings. The Bertz CT molecular complexity index is 1090. The summed E-state index contributed by atoms with van der Waals surface area (Å²) in [5, 5.41) is 6.11. The number of hydrogen-bond acceptors (Lipinski definition) is 5. The summed E-state index contributed by atoms with van der Waals surface area (Å²) in [5.74, 6) is -3.27. The Morgan fingerprint density at radius 1 is 1.09 bits per heavy atom. The van der Waals surface area contributed by atoms with Crippen LogP contribution >= 0.6 is 0 Å². The zero-order chi connectivity index (χ0) is 22.5. The minimum Gasteiger partial charge on any atom is -0.385 e. The van der Waals surface area contributed by atoms with Crippen LogP contribution in [0.4, 0.5) is 10.1 Å². The number of fused-ring (bicyclic) bond motifs is 4. The molecule has 0 aromatic heterocycles. The molecule has 166 valence electrons. The van der Waals surface area contributed by atoms with E-state index >= 15 is 0 Å². The van der Waals surface area contributed by atoms with Gasteiger partial charge >= 0.3 is 0 Å². The molecular weight excluding hydrogens is 413 g/mol. The summed E-state index contributed by atoms with van der Waals surface area (Å²) in [6, 6.07) is 13.2. The second-order valence-electron chi connectivity index (χ2n) is 8.57. The Morgan fingerprint density at radius 2 is 1.88 bits per heavy atom. The maximum atomic E-state index is 14.2. The van der Waals surface area contributed by atoms with E-state index in [9.17, 15) is 18.8 Å². The Morgan fingerprint density at radius 3 is 2.62 bits per heavy atom. The van der Waals surface area contributed by atoms with E-state index in [2.05, 4.69) is 10.6 Å². The third-order valence-corrected chi connectivity index (χ3v) is 6.80. The van der Waals surface area contributed by atoms with Crippen molar-refractivity contribution in [3.05, 3.63) is 65.5 Å². The number of ether oxygens (including phenoxy) is 1. The van der Waals surface area contributed by atoms with Gasteiger partial charge in [0.15, 0.2) is 0 Å². The zero-order valence-electron chi connectivity index (χ0n) is 17.6. The van der Waals surface area contributed by atoms with Gasteiger partial charge in [-0.1, -0.05) is 30.3 Å². The third-order valence-electron chi connectivity index (χ3n) is 6.80. The number of nitrogens with zero attached hydrogens (tertiary/aromatic N) is 1. The van der Waals surface area contributed by atoms with E-state index in [1.807, 2.05) is 30.3 Å². The molecule has 3 aliphatic heterocycles. The van der Waals surface area contributed by atoms with Gasteiger partial charge in [0.25, 0.3) is 0 Å². The molecule has 2 aromatic rings. The first kappa shape index (κ1) is 20.8. The van der Waals surface area contributed by atoms with Gasteiger partial charge in [0.1, 0.15) is 11.4 Å². The lowest BCUT2D eigenvalue weighted by molar-refractivity contribution is -0.143. The summed E-state index contributed by atoms with van der Waals surface area (Å²) < 4.78 is 19.3. The van der Waals surface area contributed by atoms with Gasteiger partial charge in [0, 0.05) is 37.6 Å². The Labute approximate surface area is 184 Å². The molecule has 4 atom stereocenters. The van der Waals surface area contributed by atoms with Gasteiger partial charge in [0.2, 0.25) is 17.7 Å².